The van der Waals surface area contributed by atoms with Crippen LogP contribution in [0.25, 0.3) is 5.57 Å². The summed E-state index contributed by atoms with van der Waals surface area (Å²) in [7, 11) is 0. The van der Waals surface area contributed by atoms with Gasteiger partial charge in [-0.1, -0.05) is 109 Å². The van der Waals surface area contributed by atoms with Crippen molar-refractivity contribution in [2.24, 2.45) is 41.4 Å². The normalized spacial score (nSPS) is 31.1. The van der Waals surface area contributed by atoms with Crippen molar-refractivity contribution in [3.8, 4) is 0 Å². The lowest BCUT2D eigenvalue weighted by atomic mass is 9.49. The minimum Gasteiger partial charge on any atom is -0.278 e. The van der Waals surface area contributed by atoms with Gasteiger partial charge >= 0.3 is 0 Å². The molecule has 4 amide bonds. The van der Waals surface area contributed by atoms with Crippen molar-refractivity contribution in [3.05, 3.63) is 125 Å². The van der Waals surface area contributed by atoms with E-state index in [1.165, 1.54) is 9.80 Å². The first-order valence-electron chi connectivity index (χ1n) is 14.8. The molecule has 6 aliphatic rings. The summed E-state index contributed by atoms with van der Waals surface area (Å²) in [5, 5.41) is 0. The van der Waals surface area contributed by atoms with E-state index in [0.29, 0.717) is 6.42 Å². The average Bonchev–Trinajstić information content (AvgIpc) is 3.43. The molecule has 4 aliphatic carbocycles. The summed E-state index contributed by atoms with van der Waals surface area (Å²) in [5.74, 6) is -3.48. The number of rotatable bonds is 5. The van der Waals surface area contributed by atoms with Crippen LogP contribution in [0.2, 0.25) is 0 Å². The Balaban J connectivity index is 1.23. The van der Waals surface area contributed by atoms with E-state index in [1.807, 2.05) is 78.9 Å². The Morgan fingerprint density at radius 3 is 1.69 bits per heavy atom. The molecule has 0 radical (unpaired) electrons. The third-order valence-corrected chi connectivity index (χ3v) is 10.2. The first-order chi connectivity index (χ1) is 20.5. The van der Waals surface area contributed by atoms with E-state index in [-0.39, 0.29) is 54.5 Å². The molecule has 3 aromatic rings. The fourth-order valence-electron chi connectivity index (χ4n) is 8.49. The molecule has 0 spiro atoms. The maximum Gasteiger partial charge on any atom is 0.234 e. The molecular formula is C36H30N2O4. The van der Waals surface area contributed by atoms with Crippen LogP contribution in [0.15, 0.2) is 109 Å². The van der Waals surface area contributed by atoms with Gasteiger partial charge in [0.15, 0.2) is 0 Å². The lowest BCUT2D eigenvalue weighted by Gasteiger charge is -2.51. The first-order valence-corrected chi connectivity index (χ1v) is 14.8. The van der Waals surface area contributed by atoms with Crippen molar-refractivity contribution in [2.75, 3.05) is 0 Å². The van der Waals surface area contributed by atoms with Crippen molar-refractivity contribution in [1.82, 2.24) is 9.80 Å². The highest BCUT2D eigenvalue weighted by Crippen LogP contribution is 2.63. The molecule has 2 bridgehead atoms. The molecule has 2 heterocycles. The Kier molecular flexibility index (Phi) is 5.68. The van der Waals surface area contributed by atoms with Crippen LogP contribution in [0.4, 0.5) is 0 Å². The lowest BCUT2D eigenvalue weighted by molar-refractivity contribution is -0.143. The SMILES string of the molecule is O=C1[C@H]2[C@@H]3C=C[C@H](C4=C(c5ccccc5)C[C@H]5C(=O)N(Cc6ccccc6)C(=O)[C@H]5[C@@H]43)[C@H]2C(=O)N1Cc1ccccc1. The molecule has 9 rings (SSSR count). The van der Waals surface area contributed by atoms with Gasteiger partial charge in [-0.3, -0.25) is 29.0 Å². The number of likely N-dealkylation sites (tertiary alicyclic amines) is 2. The van der Waals surface area contributed by atoms with E-state index in [9.17, 15) is 19.2 Å². The predicted molar refractivity (Wildman–Crippen MR) is 156 cm³/mol. The van der Waals surface area contributed by atoms with Gasteiger partial charge in [0.2, 0.25) is 23.6 Å². The number of allylic oxidation sites excluding steroid dienone is 4. The maximum absolute atomic E-state index is 14.2. The van der Waals surface area contributed by atoms with E-state index in [2.05, 4.69) is 24.3 Å². The summed E-state index contributed by atoms with van der Waals surface area (Å²) in [6.45, 7) is 0.487. The Labute approximate surface area is 244 Å². The molecule has 6 nitrogen and oxygen atoms in total. The van der Waals surface area contributed by atoms with Gasteiger partial charge in [-0.25, -0.2) is 0 Å². The molecule has 3 fully saturated rings. The largest absolute Gasteiger partial charge is 0.278 e. The second-order valence-corrected chi connectivity index (χ2v) is 12.2. The summed E-state index contributed by atoms with van der Waals surface area (Å²) in [6.07, 6.45) is 4.63. The number of imide groups is 2. The zero-order chi connectivity index (χ0) is 28.5. The first kappa shape index (κ1) is 25.2. The number of amides is 4. The second-order valence-electron chi connectivity index (χ2n) is 12.2. The molecule has 7 atom stereocenters. The summed E-state index contributed by atoms with van der Waals surface area (Å²) < 4.78 is 0. The molecule has 0 aromatic heterocycles. The minimum atomic E-state index is -0.534. The summed E-state index contributed by atoms with van der Waals surface area (Å²) in [5.41, 5.74) is 4.99. The van der Waals surface area contributed by atoms with E-state index in [1.54, 1.807) is 0 Å². The van der Waals surface area contributed by atoms with Gasteiger partial charge in [0, 0.05) is 11.8 Å². The van der Waals surface area contributed by atoms with Crippen LogP contribution in [0, 0.1) is 41.4 Å². The zero-order valence-electron chi connectivity index (χ0n) is 23.0. The average molecular weight is 555 g/mol. The minimum absolute atomic E-state index is 0.131. The third kappa shape index (κ3) is 3.57. The van der Waals surface area contributed by atoms with E-state index in [0.717, 1.165) is 27.8 Å². The predicted octanol–water partition coefficient (Wildman–Crippen LogP) is 4.88. The van der Waals surface area contributed by atoms with Gasteiger partial charge in [-0.15, -0.1) is 0 Å². The van der Waals surface area contributed by atoms with Crippen LogP contribution < -0.4 is 0 Å². The fraction of sp³-hybridized carbons (Fsp3) is 0.278. The molecule has 0 unspecified atom stereocenters. The quantitative estimate of drug-likeness (QED) is 0.333. The maximum atomic E-state index is 14.2. The topological polar surface area (TPSA) is 74.8 Å². The molecule has 208 valence electrons. The number of carbonyl (C=O) groups excluding carboxylic acids is 4. The van der Waals surface area contributed by atoms with Crippen molar-refractivity contribution >= 4 is 29.2 Å². The number of carbonyl (C=O) groups is 4. The van der Waals surface area contributed by atoms with Gasteiger partial charge in [0.05, 0.1) is 36.8 Å². The fourth-order valence-corrected chi connectivity index (χ4v) is 8.49. The van der Waals surface area contributed by atoms with E-state index in [4.69, 9.17) is 0 Å². The zero-order valence-corrected chi connectivity index (χ0v) is 23.0. The summed E-state index contributed by atoms with van der Waals surface area (Å²) in [4.78, 5) is 59.0. The molecule has 3 aromatic carbocycles. The van der Waals surface area contributed by atoms with Gasteiger partial charge < -0.3 is 0 Å². The van der Waals surface area contributed by atoms with Crippen LogP contribution in [0.5, 0.6) is 0 Å². The number of hydrogen-bond donors (Lipinski definition) is 0. The molecule has 6 heteroatoms. The van der Waals surface area contributed by atoms with Crippen LogP contribution in [0.3, 0.4) is 0 Å². The Bertz CT molecular complexity index is 1680. The standard InChI is InChI=1S/C36H30N2O4/c39-33-27-18-26(23-14-8-3-9-15-23)28-24-16-17-25(29(28)32(27)36(42)37(33)19-21-10-4-1-5-11-21)31-30(24)34(40)38(35(31)41)20-22-12-6-2-7-13-22/h1-17,24-25,27,29-32H,18-20H2/t24-,25-,27-,29-,30-,31+,32-/m1/s1. The highest BCUT2D eigenvalue weighted by molar-refractivity contribution is 6.09. The number of fused-ring (bicyclic) bond motifs is 1. The van der Waals surface area contributed by atoms with Gasteiger partial charge in [0.1, 0.15) is 0 Å². The van der Waals surface area contributed by atoms with Gasteiger partial charge in [-0.05, 0) is 34.6 Å². The molecular weight excluding hydrogens is 524 g/mol. The summed E-state index contributed by atoms with van der Waals surface area (Å²) >= 11 is 0. The lowest BCUT2D eigenvalue weighted by Crippen LogP contribution is -2.51. The molecule has 0 N–H and O–H groups in total. The monoisotopic (exact) mass is 554 g/mol. The number of hydrogen-bond acceptors (Lipinski definition) is 4. The number of nitrogens with zero attached hydrogens (tertiary/aromatic N) is 2. The number of benzene rings is 3. The van der Waals surface area contributed by atoms with E-state index >= 15 is 0 Å². The van der Waals surface area contributed by atoms with Crippen molar-refractivity contribution < 1.29 is 19.2 Å². The van der Waals surface area contributed by atoms with Crippen LogP contribution >= 0.6 is 0 Å². The Hall–Kier alpha value is -4.58. The van der Waals surface area contributed by atoms with E-state index < -0.39 is 23.7 Å². The third-order valence-electron chi connectivity index (χ3n) is 10.2. The highest BCUT2D eigenvalue weighted by Gasteiger charge is 2.66. The second kappa shape index (κ2) is 9.48. The Morgan fingerprint density at radius 1 is 0.548 bits per heavy atom. The molecule has 2 saturated heterocycles. The van der Waals surface area contributed by atoms with Crippen molar-refractivity contribution in [1.29, 1.82) is 0 Å². The van der Waals surface area contributed by atoms with Crippen molar-refractivity contribution in [3.63, 3.8) is 0 Å². The molecule has 1 saturated carbocycles. The van der Waals surface area contributed by atoms with Crippen LogP contribution in [-0.4, -0.2) is 33.4 Å². The van der Waals surface area contributed by atoms with Crippen molar-refractivity contribution in [2.45, 2.75) is 19.5 Å². The molecule has 42 heavy (non-hydrogen) atoms. The molecule has 2 aliphatic heterocycles. The highest BCUT2D eigenvalue weighted by atomic mass is 16.2. The van der Waals surface area contributed by atoms with Gasteiger partial charge in [0.25, 0.3) is 0 Å². The Morgan fingerprint density at radius 2 is 1.07 bits per heavy atom. The van der Waals surface area contributed by atoms with Crippen LogP contribution in [0.1, 0.15) is 23.1 Å². The summed E-state index contributed by atoms with van der Waals surface area (Å²) in [6, 6.07) is 29.2. The van der Waals surface area contributed by atoms with Crippen LogP contribution in [-0.2, 0) is 32.3 Å². The smallest absolute Gasteiger partial charge is 0.234 e. The van der Waals surface area contributed by atoms with Gasteiger partial charge in [-0.2, -0.15) is 0 Å².